The maximum atomic E-state index is 13.4. The van der Waals surface area contributed by atoms with Gasteiger partial charge in [0.15, 0.2) is 18.2 Å². The van der Waals surface area contributed by atoms with Gasteiger partial charge in [-0.3, -0.25) is 4.79 Å². The molecule has 2 aromatic rings. The number of hydrogen-bond acceptors (Lipinski definition) is 4. The van der Waals surface area contributed by atoms with E-state index >= 15 is 0 Å². The summed E-state index contributed by atoms with van der Waals surface area (Å²) in [6.45, 7) is 1.19. The smallest absolute Gasteiger partial charge is 0.257 e. The summed E-state index contributed by atoms with van der Waals surface area (Å²) in [4.78, 5) is 11.8. The molecule has 0 unspecified atom stereocenters. The van der Waals surface area contributed by atoms with Crippen LogP contribution in [0.25, 0.3) is 0 Å². The summed E-state index contributed by atoms with van der Waals surface area (Å²) in [5, 5.41) is 11.2. The monoisotopic (exact) mass is 332 g/mol. The number of aryl methyl sites for hydroxylation is 1. The first-order chi connectivity index (χ1) is 11.7. The highest BCUT2D eigenvalue weighted by Gasteiger charge is 2.14. The number of ether oxygens (including phenoxy) is 1. The lowest BCUT2D eigenvalue weighted by atomic mass is 10.2. The standard InChI is InChI=1S/C17H21FN4O2/c18-13-6-3-4-7-14(13)24-12-17(23)19-10-9-16-21-20-15-8-2-1-5-11-22(15)16/h3-4,6-7H,1-2,5,8-12H2,(H,19,23). The Balaban J connectivity index is 1.44. The summed E-state index contributed by atoms with van der Waals surface area (Å²) in [5.41, 5.74) is 0. The van der Waals surface area contributed by atoms with Crippen molar-refractivity contribution >= 4 is 5.91 Å². The van der Waals surface area contributed by atoms with E-state index in [0.29, 0.717) is 13.0 Å². The van der Waals surface area contributed by atoms with Crippen molar-refractivity contribution in [2.24, 2.45) is 0 Å². The van der Waals surface area contributed by atoms with E-state index in [0.717, 1.165) is 37.5 Å². The van der Waals surface area contributed by atoms with Crippen LogP contribution < -0.4 is 10.1 Å². The molecule has 128 valence electrons. The Labute approximate surface area is 140 Å². The molecule has 1 aliphatic heterocycles. The number of amides is 1. The van der Waals surface area contributed by atoms with Gasteiger partial charge in [0.25, 0.3) is 5.91 Å². The molecule has 1 amide bonds. The van der Waals surface area contributed by atoms with Gasteiger partial charge in [-0.05, 0) is 25.0 Å². The minimum Gasteiger partial charge on any atom is -0.481 e. The Morgan fingerprint density at radius 3 is 3.00 bits per heavy atom. The second-order valence-electron chi connectivity index (χ2n) is 5.81. The van der Waals surface area contributed by atoms with E-state index in [1.165, 1.54) is 18.6 Å². The summed E-state index contributed by atoms with van der Waals surface area (Å²) in [7, 11) is 0. The second kappa shape index (κ2) is 7.90. The van der Waals surface area contributed by atoms with Crippen LogP contribution in [0.3, 0.4) is 0 Å². The summed E-state index contributed by atoms with van der Waals surface area (Å²) in [6, 6.07) is 6.02. The van der Waals surface area contributed by atoms with Gasteiger partial charge in [-0.2, -0.15) is 0 Å². The Morgan fingerprint density at radius 2 is 2.12 bits per heavy atom. The number of fused-ring (bicyclic) bond motifs is 1. The van der Waals surface area contributed by atoms with Crippen molar-refractivity contribution in [3.8, 4) is 5.75 Å². The third-order valence-electron chi connectivity index (χ3n) is 4.05. The molecule has 1 aromatic heterocycles. The second-order valence-corrected chi connectivity index (χ2v) is 5.81. The van der Waals surface area contributed by atoms with Crippen molar-refractivity contribution in [1.82, 2.24) is 20.1 Å². The number of rotatable bonds is 6. The maximum absolute atomic E-state index is 13.4. The third kappa shape index (κ3) is 4.10. The van der Waals surface area contributed by atoms with Crippen molar-refractivity contribution in [2.45, 2.75) is 38.6 Å². The summed E-state index contributed by atoms with van der Waals surface area (Å²) >= 11 is 0. The van der Waals surface area contributed by atoms with Gasteiger partial charge in [0, 0.05) is 25.9 Å². The summed E-state index contributed by atoms with van der Waals surface area (Å²) < 4.78 is 20.7. The molecule has 1 aliphatic rings. The summed E-state index contributed by atoms with van der Waals surface area (Å²) in [5.74, 6) is 1.26. The Bertz CT molecular complexity index is 702. The van der Waals surface area contributed by atoms with Crippen molar-refractivity contribution in [2.75, 3.05) is 13.2 Å². The number of halogens is 1. The molecule has 2 heterocycles. The van der Waals surface area contributed by atoms with Crippen LogP contribution in [0.4, 0.5) is 4.39 Å². The van der Waals surface area contributed by atoms with E-state index in [2.05, 4.69) is 20.1 Å². The van der Waals surface area contributed by atoms with Crippen LogP contribution in [0.1, 0.15) is 30.9 Å². The van der Waals surface area contributed by atoms with Gasteiger partial charge < -0.3 is 14.6 Å². The highest BCUT2D eigenvalue weighted by atomic mass is 19.1. The van der Waals surface area contributed by atoms with Gasteiger partial charge in [0.05, 0.1) is 0 Å². The van der Waals surface area contributed by atoms with E-state index in [1.807, 2.05) is 0 Å². The molecule has 0 atom stereocenters. The van der Waals surface area contributed by atoms with Crippen LogP contribution >= 0.6 is 0 Å². The highest BCUT2D eigenvalue weighted by molar-refractivity contribution is 5.77. The van der Waals surface area contributed by atoms with Crippen LogP contribution in [0, 0.1) is 5.82 Å². The molecule has 0 fully saturated rings. The van der Waals surface area contributed by atoms with Gasteiger partial charge in [-0.25, -0.2) is 4.39 Å². The third-order valence-corrected chi connectivity index (χ3v) is 4.05. The molecule has 3 rings (SSSR count). The molecule has 0 bridgehead atoms. The fraction of sp³-hybridized carbons (Fsp3) is 0.471. The number of para-hydroxylation sites is 1. The van der Waals surface area contributed by atoms with Gasteiger partial charge in [0.1, 0.15) is 11.6 Å². The van der Waals surface area contributed by atoms with E-state index in [9.17, 15) is 9.18 Å². The SMILES string of the molecule is O=C(COc1ccccc1F)NCCc1nnc2n1CCCCC2. The summed E-state index contributed by atoms with van der Waals surface area (Å²) in [6.07, 6.45) is 5.10. The lowest BCUT2D eigenvalue weighted by Crippen LogP contribution is -2.31. The number of nitrogens with one attached hydrogen (secondary N) is 1. The average Bonchev–Trinajstić information content (AvgIpc) is 2.81. The van der Waals surface area contributed by atoms with Gasteiger partial charge >= 0.3 is 0 Å². The number of hydrogen-bond donors (Lipinski definition) is 1. The van der Waals surface area contributed by atoms with Crippen LogP contribution in [-0.2, 0) is 24.2 Å². The zero-order valence-electron chi connectivity index (χ0n) is 13.5. The first-order valence-corrected chi connectivity index (χ1v) is 8.29. The molecule has 1 N–H and O–H groups in total. The molecule has 0 radical (unpaired) electrons. The lowest BCUT2D eigenvalue weighted by Gasteiger charge is -2.09. The molecular weight excluding hydrogens is 311 g/mol. The fourth-order valence-electron chi connectivity index (χ4n) is 2.80. The zero-order chi connectivity index (χ0) is 16.8. The first-order valence-electron chi connectivity index (χ1n) is 8.29. The van der Waals surface area contributed by atoms with E-state index < -0.39 is 5.82 Å². The normalized spacial score (nSPS) is 13.9. The molecule has 24 heavy (non-hydrogen) atoms. The fourth-order valence-corrected chi connectivity index (χ4v) is 2.80. The minimum absolute atomic E-state index is 0.0791. The molecule has 6 nitrogen and oxygen atoms in total. The largest absolute Gasteiger partial charge is 0.481 e. The number of carbonyl (C=O) groups excluding carboxylic acids is 1. The van der Waals surface area contributed by atoms with Crippen molar-refractivity contribution in [3.05, 3.63) is 41.7 Å². The predicted molar refractivity (Wildman–Crippen MR) is 86.2 cm³/mol. The number of carbonyl (C=O) groups is 1. The molecule has 0 aliphatic carbocycles. The Morgan fingerprint density at radius 1 is 1.25 bits per heavy atom. The van der Waals surface area contributed by atoms with Crippen molar-refractivity contribution in [1.29, 1.82) is 0 Å². The number of nitrogens with zero attached hydrogens (tertiary/aromatic N) is 3. The quantitative estimate of drug-likeness (QED) is 0.877. The average molecular weight is 332 g/mol. The molecule has 0 spiro atoms. The van der Waals surface area contributed by atoms with Gasteiger partial charge in [-0.1, -0.05) is 18.6 Å². The predicted octanol–water partition coefficient (Wildman–Crippen LogP) is 1.88. The molecule has 0 saturated heterocycles. The van der Waals surface area contributed by atoms with Crippen molar-refractivity contribution in [3.63, 3.8) is 0 Å². The van der Waals surface area contributed by atoms with Gasteiger partial charge in [0.2, 0.25) is 0 Å². The van der Waals surface area contributed by atoms with E-state index in [-0.39, 0.29) is 18.3 Å². The molecule has 0 saturated carbocycles. The Hall–Kier alpha value is -2.44. The number of aromatic nitrogens is 3. The van der Waals surface area contributed by atoms with Crippen LogP contribution in [-0.4, -0.2) is 33.8 Å². The first kappa shape index (κ1) is 16.4. The lowest BCUT2D eigenvalue weighted by molar-refractivity contribution is -0.123. The zero-order valence-corrected chi connectivity index (χ0v) is 13.5. The van der Waals surface area contributed by atoms with Crippen molar-refractivity contribution < 1.29 is 13.9 Å². The van der Waals surface area contributed by atoms with Crippen LogP contribution in [0.2, 0.25) is 0 Å². The minimum atomic E-state index is -0.476. The molecular formula is C17H21FN4O2. The van der Waals surface area contributed by atoms with Crippen LogP contribution in [0.15, 0.2) is 24.3 Å². The topological polar surface area (TPSA) is 69.0 Å². The van der Waals surface area contributed by atoms with E-state index in [4.69, 9.17) is 4.74 Å². The van der Waals surface area contributed by atoms with Crippen LogP contribution in [0.5, 0.6) is 5.75 Å². The Kier molecular flexibility index (Phi) is 5.40. The van der Waals surface area contributed by atoms with Gasteiger partial charge in [-0.15, -0.1) is 10.2 Å². The van der Waals surface area contributed by atoms with E-state index in [1.54, 1.807) is 12.1 Å². The number of benzene rings is 1. The highest BCUT2D eigenvalue weighted by Crippen LogP contribution is 2.15. The molecule has 7 heteroatoms. The molecule has 1 aromatic carbocycles. The maximum Gasteiger partial charge on any atom is 0.257 e.